The fraction of sp³-hybridized carbons (Fsp3) is 0.0714. The van der Waals surface area contributed by atoms with Crippen LogP contribution < -0.4 is 10.6 Å². The maximum atomic E-state index is 11.8. The van der Waals surface area contributed by atoms with E-state index < -0.39 is 16.1 Å². The Hall–Kier alpha value is -2.38. The van der Waals surface area contributed by atoms with E-state index in [1.807, 2.05) is 25.1 Å². The molecule has 7 heteroatoms. The first-order valence-electron chi connectivity index (χ1n) is 6.07. The number of aryl methyl sites for hydroxylation is 1. The van der Waals surface area contributed by atoms with Crippen LogP contribution in [0.2, 0.25) is 0 Å². The molecular weight excluding hydrogens is 292 g/mol. The molecular formula is C14H14N2O4S. The van der Waals surface area contributed by atoms with E-state index in [0.29, 0.717) is 11.4 Å². The second-order valence-corrected chi connectivity index (χ2v) is 5.82. The Bertz CT molecular complexity index is 755. The minimum Gasteiger partial charge on any atom is -0.308 e. The van der Waals surface area contributed by atoms with Crippen LogP contribution in [0.5, 0.6) is 0 Å². The lowest BCUT2D eigenvalue weighted by Crippen LogP contribution is -2.19. The minimum atomic E-state index is -4.23. The molecule has 6 nitrogen and oxygen atoms in total. The van der Waals surface area contributed by atoms with E-state index in [2.05, 4.69) is 10.6 Å². The normalized spacial score (nSPS) is 11.0. The van der Waals surface area contributed by atoms with Gasteiger partial charge >= 0.3 is 6.03 Å². The number of carbonyl (C=O) groups is 1. The lowest BCUT2D eigenvalue weighted by molar-refractivity contribution is 0.262. The van der Waals surface area contributed by atoms with Gasteiger partial charge in [-0.2, -0.15) is 8.42 Å². The van der Waals surface area contributed by atoms with Gasteiger partial charge in [-0.1, -0.05) is 18.2 Å². The van der Waals surface area contributed by atoms with Crippen molar-refractivity contribution < 1.29 is 17.8 Å². The van der Waals surface area contributed by atoms with Gasteiger partial charge in [-0.05, 0) is 42.8 Å². The topological polar surface area (TPSA) is 95.5 Å². The number of hydrogen-bond donors (Lipinski definition) is 3. The maximum absolute atomic E-state index is 11.8. The average Bonchev–Trinajstić information content (AvgIpc) is 2.41. The van der Waals surface area contributed by atoms with Crippen LogP contribution in [0.4, 0.5) is 16.2 Å². The number of rotatable bonds is 3. The monoisotopic (exact) mass is 306 g/mol. The summed E-state index contributed by atoms with van der Waals surface area (Å²) in [5.74, 6) is 0. The lowest BCUT2D eigenvalue weighted by atomic mass is 10.2. The van der Waals surface area contributed by atoms with Crippen LogP contribution in [0.15, 0.2) is 53.4 Å². The van der Waals surface area contributed by atoms with E-state index in [1.54, 1.807) is 6.07 Å². The quantitative estimate of drug-likeness (QED) is 0.760. The van der Waals surface area contributed by atoms with Gasteiger partial charge < -0.3 is 10.6 Å². The standard InChI is InChI=1S/C14H14N2O4S/c1-10-4-2-3-5-13(10)16-14(17)15-11-6-8-12(9-7-11)21(18,19)20/h2-9H,1H3,(H2,15,16,17)(H,18,19,20). The van der Waals surface area contributed by atoms with Crippen LogP contribution in [0.25, 0.3) is 0 Å². The largest absolute Gasteiger partial charge is 0.323 e. The molecule has 2 amide bonds. The third-order valence-corrected chi connectivity index (χ3v) is 3.67. The van der Waals surface area contributed by atoms with Gasteiger partial charge in [0.1, 0.15) is 0 Å². The predicted octanol–water partition coefficient (Wildman–Crippen LogP) is 2.89. The Morgan fingerprint density at radius 1 is 1.00 bits per heavy atom. The summed E-state index contributed by atoms with van der Waals surface area (Å²) >= 11 is 0. The summed E-state index contributed by atoms with van der Waals surface area (Å²) in [6.45, 7) is 1.87. The Kier molecular flexibility index (Phi) is 4.25. The highest BCUT2D eigenvalue weighted by Gasteiger charge is 2.09. The van der Waals surface area contributed by atoms with Crippen molar-refractivity contribution in [2.24, 2.45) is 0 Å². The Labute approximate surface area is 122 Å². The zero-order chi connectivity index (χ0) is 15.5. The van der Waals surface area contributed by atoms with E-state index in [4.69, 9.17) is 4.55 Å². The van der Waals surface area contributed by atoms with Crippen molar-refractivity contribution in [3.8, 4) is 0 Å². The molecule has 110 valence electrons. The summed E-state index contributed by atoms with van der Waals surface area (Å²) in [5.41, 5.74) is 2.02. The second-order valence-electron chi connectivity index (χ2n) is 4.39. The molecule has 0 aromatic heterocycles. The van der Waals surface area contributed by atoms with E-state index >= 15 is 0 Å². The number of hydrogen-bond acceptors (Lipinski definition) is 3. The molecule has 3 N–H and O–H groups in total. The van der Waals surface area contributed by atoms with Crippen LogP contribution in [-0.4, -0.2) is 19.0 Å². The highest BCUT2D eigenvalue weighted by Crippen LogP contribution is 2.16. The van der Waals surface area contributed by atoms with Crippen LogP contribution in [0.3, 0.4) is 0 Å². The van der Waals surface area contributed by atoms with Crippen LogP contribution >= 0.6 is 0 Å². The molecule has 0 saturated carbocycles. The van der Waals surface area contributed by atoms with Gasteiger partial charge in [-0.3, -0.25) is 4.55 Å². The number of benzene rings is 2. The first-order valence-corrected chi connectivity index (χ1v) is 7.51. The third kappa shape index (κ3) is 4.04. The Balaban J connectivity index is 2.05. The van der Waals surface area contributed by atoms with Gasteiger partial charge in [0.2, 0.25) is 0 Å². The maximum Gasteiger partial charge on any atom is 0.323 e. The number of urea groups is 1. The summed E-state index contributed by atoms with van der Waals surface area (Å²) in [6, 6.07) is 12.1. The Morgan fingerprint density at radius 2 is 1.62 bits per heavy atom. The van der Waals surface area contributed by atoms with Crippen LogP contribution in [-0.2, 0) is 10.1 Å². The van der Waals surface area contributed by atoms with Gasteiger partial charge in [-0.25, -0.2) is 4.79 Å². The fourth-order valence-electron chi connectivity index (χ4n) is 1.71. The molecule has 0 aliphatic rings. The first-order chi connectivity index (χ1) is 9.86. The molecule has 0 unspecified atom stereocenters. The summed E-state index contributed by atoms with van der Waals surface area (Å²) < 4.78 is 30.7. The number of nitrogens with one attached hydrogen (secondary N) is 2. The molecule has 0 aliphatic heterocycles. The van der Waals surface area contributed by atoms with Gasteiger partial charge in [0.15, 0.2) is 0 Å². The van der Waals surface area contributed by atoms with Crippen molar-refractivity contribution in [2.75, 3.05) is 10.6 Å². The highest BCUT2D eigenvalue weighted by atomic mass is 32.2. The fourth-order valence-corrected chi connectivity index (χ4v) is 2.19. The molecule has 2 aromatic carbocycles. The van der Waals surface area contributed by atoms with Crippen molar-refractivity contribution in [2.45, 2.75) is 11.8 Å². The molecule has 0 heterocycles. The van der Waals surface area contributed by atoms with Crippen LogP contribution in [0, 0.1) is 6.92 Å². The molecule has 0 bridgehead atoms. The van der Waals surface area contributed by atoms with E-state index in [0.717, 1.165) is 5.56 Å². The van der Waals surface area contributed by atoms with Crippen LogP contribution in [0.1, 0.15) is 5.56 Å². The van der Waals surface area contributed by atoms with Crippen molar-refractivity contribution >= 4 is 27.5 Å². The molecule has 0 fully saturated rings. The Morgan fingerprint density at radius 3 is 2.19 bits per heavy atom. The van der Waals surface area contributed by atoms with E-state index in [9.17, 15) is 13.2 Å². The van der Waals surface area contributed by atoms with Crippen molar-refractivity contribution in [3.05, 3.63) is 54.1 Å². The molecule has 0 saturated heterocycles. The number of para-hydroxylation sites is 1. The SMILES string of the molecule is Cc1ccccc1NC(=O)Nc1ccc(S(=O)(=O)O)cc1. The first kappa shape index (κ1) is 15.0. The van der Waals surface area contributed by atoms with Gasteiger partial charge in [0, 0.05) is 11.4 Å². The molecule has 2 aromatic rings. The summed E-state index contributed by atoms with van der Waals surface area (Å²) in [7, 11) is -4.23. The van der Waals surface area contributed by atoms with E-state index in [-0.39, 0.29) is 4.90 Å². The predicted molar refractivity (Wildman–Crippen MR) is 80.1 cm³/mol. The lowest BCUT2D eigenvalue weighted by Gasteiger charge is -2.09. The molecule has 2 rings (SSSR count). The molecule has 0 radical (unpaired) electrons. The second kappa shape index (κ2) is 5.94. The van der Waals surface area contributed by atoms with Crippen molar-refractivity contribution in [1.82, 2.24) is 0 Å². The molecule has 0 aliphatic carbocycles. The van der Waals surface area contributed by atoms with Crippen molar-refractivity contribution in [1.29, 1.82) is 0 Å². The summed E-state index contributed by atoms with van der Waals surface area (Å²) in [6.07, 6.45) is 0. The van der Waals surface area contributed by atoms with Gasteiger partial charge in [0.25, 0.3) is 10.1 Å². The number of carbonyl (C=O) groups excluding carboxylic acids is 1. The zero-order valence-electron chi connectivity index (χ0n) is 11.2. The van der Waals surface area contributed by atoms with E-state index in [1.165, 1.54) is 24.3 Å². The van der Waals surface area contributed by atoms with Crippen molar-refractivity contribution in [3.63, 3.8) is 0 Å². The number of anilines is 2. The zero-order valence-corrected chi connectivity index (χ0v) is 12.0. The number of amides is 2. The summed E-state index contributed by atoms with van der Waals surface area (Å²) in [4.78, 5) is 11.6. The molecule has 0 atom stereocenters. The smallest absolute Gasteiger partial charge is 0.308 e. The minimum absolute atomic E-state index is 0.229. The molecule has 0 spiro atoms. The summed E-state index contributed by atoms with van der Waals surface area (Å²) in [5, 5.41) is 5.26. The molecule has 21 heavy (non-hydrogen) atoms. The average molecular weight is 306 g/mol. The highest BCUT2D eigenvalue weighted by molar-refractivity contribution is 7.85. The third-order valence-electron chi connectivity index (χ3n) is 2.80. The van der Waals surface area contributed by atoms with Gasteiger partial charge in [0.05, 0.1) is 4.90 Å². The van der Waals surface area contributed by atoms with Gasteiger partial charge in [-0.15, -0.1) is 0 Å².